The molecule has 1 aromatic rings. The first-order valence-electron chi connectivity index (χ1n) is 7.17. The van der Waals surface area contributed by atoms with Crippen LogP contribution in [0.5, 0.6) is 5.88 Å². The molecule has 0 amide bonds. The highest BCUT2D eigenvalue weighted by Crippen LogP contribution is 2.34. The van der Waals surface area contributed by atoms with Crippen molar-refractivity contribution in [3.8, 4) is 5.88 Å². The van der Waals surface area contributed by atoms with Crippen molar-refractivity contribution >= 4 is 21.7 Å². The Morgan fingerprint density at radius 1 is 1.32 bits per heavy atom. The van der Waals surface area contributed by atoms with Crippen LogP contribution >= 0.6 is 15.9 Å². The van der Waals surface area contributed by atoms with E-state index in [2.05, 4.69) is 38.1 Å². The third kappa shape index (κ3) is 3.59. The quantitative estimate of drug-likeness (QED) is 0.887. The summed E-state index contributed by atoms with van der Waals surface area (Å²) >= 11 is 3.54. The van der Waals surface area contributed by atoms with E-state index in [-0.39, 0.29) is 0 Å². The Kier molecular flexibility index (Phi) is 5.43. The maximum Gasteiger partial charge on any atom is 0.233 e. The molecule has 2 atom stereocenters. The highest BCUT2D eigenvalue weighted by atomic mass is 79.9. The number of ether oxygens (including phenoxy) is 1. The number of aromatic nitrogens is 2. The van der Waals surface area contributed by atoms with Gasteiger partial charge in [-0.3, -0.25) is 0 Å². The smallest absolute Gasteiger partial charge is 0.233 e. The van der Waals surface area contributed by atoms with Gasteiger partial charge in [-0.2, -0.15) is 0 Å². The average Bonchev–Trinajstić information content (AvgIpc) is 2.44. The first-order chi connectivity index (χ1) is 9.26. The molecule has 1 N–H and O–H groups in total. The lowest BCUT2D eigenvalue weighted by molar-refractivity contribution is 0.0849. The zero-order valence-electron chi connectivity index (χ0n) is 11.7. The van der Waals surface area contributed by atoms with E-state index in [1.54, 1.807) is 6.33 Å². The van der Waals surface area contributed by atoms with E-state index in [1.165, 1.54) is 25.7 Å². The van der Waals surface area contributed by atoms with Crippen molar-refractivity contribution in [1.29, 1.82) is 0 Å². The van der Waals surface area contributed by atoms with E-state index in [0.717, 1.165) is 23.3 Å². The van der Waals surface area contributed by atoms with Crippen LogP contribution in [0.2, 0.25) is 0 Å². The second-order valence-electron chi connectivity index (χ2n) is 4.98. The minimum absolute atomic E-state index is 0.291. The van der Waals surface area contributed by atoms with Crippen LogP contribution in [0.1, 0.15) is 46.0 Å². The Hall–Kier alpha value is -0.840. The number of nitrogens with one attached hydrogen (secondary N) is 1. The predicted molar refractivity (Wildman–Crippen MR) is 80.6 cm³/mol. The summed E-state index contributed by atoms with van der Waals surface area (Å²) in [4.78, 5) is 8.48. The molecule has 4 nitrogen and oxygen atoms in total. The zero-order valence-corrected chi connectivity index (χ0v) is 13.2. The normalized spacial score (nSPS) is 23.1. The number of halogens is 1. The fourth-order valence-electron chi connectivity index (χ4n) is 2.67. The third-order valence-corrected chi connectivity index (χ3v) is 4.44. The fraction of sp³-hybridized carbons (Fsp3) is 0.714. The summed E-state index contributed by atoms with van der Waals surface area (Å²) in [5, 5.41) is 3.20. The molecule has 0 radical (unpaired) electrons. The summed E-state index contributed by atoms with van der Waals surface area (Å²) in [6, 6.07) is 0. The molecule has 0 saturated heterocycles. The number of hydrogen-bond donors (Lipinski definition) is 1. The molecular weight excluding hydrogens is 306 g/mol. The number of rotatable bonds is 5. The molecule has 5 heteroatoms. The summed E-state index contributed by atoms with van der Waals surface area (Å²) in [6.45, 7) is 5.12. The molecule has 1 aliphatic rings. The van der Waals surface area contributed by atoms with Crippen LogP contribution in [-0.2, 0) is 0 Å². The van der Waals surface area contributed by atoms with Crippen LogP contribution in [0.15, 0.2) is 10.8 Å². The van der Waals surface area contributed by atoms with Gasteiger partial charge in [-0.25, -0.2) is 9.97 Å². The fourth-order valence-corrected chi connectivity index (χ4v) is 3.10. The molecule has 2 rings (SSSR count). The standard InChI is InChI=1S/C14H22BrN3O/c1-3-10-7-5-6-8-11(10)19-14-12(15)13(16-4-2)17-9-18-14/h9-11H,3-8H2,1-2H3,(H,16,17,18). The Morgan fingerprint density at radius 3 is 2.84 bits per heavy atom. The van der Waals surface area contributed by atoms with Gasteiger partial charge < -0.3 is 10.1 Å². The molecule has 106 valence electrons. The van der Waals surface area contributed by atoms with Crippen molar-refractivity contribution in [3.05, 3.63) is 10.8 Å². The molecule has 2 unspecified atom stereocenters. The molecule has 1 fully saturated rings. The topological polar surface area (TPSA) is 47.0 Å². The molecule has 0 aromatic carbocycles. The van der Waals surface area contributed by atoms with Crippen molar-refractivity contribution in [2.45, 2.75) is 52.1 Å². The van der Waals surface area contributed by atoms with Gasteiger partial charge in [0.2, 0.25) is 5.88 Å². The van der Waals surface area contributed by atoms with Crippen LogP contribution in [0.3, 0.4) is 0 Å². The number of hydrogen-bond acceptors (Lipinski definition) is 4. The SMILES string of the molecule is CCNc1ncnc(OC2CCCCC2CC)c1Br. The van der Waals surface area contributed by atoms with Gasteiger partial charge in [-0.1, -0.05) is 13.3 Å². The van der Waals surface area contributed by atoms with Gasteiger partial charge in [0.1, 0.15) is 22.7 Å². The summed E-state index contributed by atoms with van der Waals surface area (Å²) in [6.07, 6.45) is 8.00. The lowest BCUT2D eigenvalue weighted by Gasteiger charge is -2.31. The highest BCUT2D eigenvalue weighted by molar-refractivity contribution is 9.10. The number of nitrogens with zero attached hydrogens (tertiary/aromatic N) is 2. The van der Waals surface area contributed by atoms with Crippen LogP contribution in [0.25, 0.3) is 0 Å². The van der Waals surface area contributed by atoms with Gasteiger partial charge in [0.05, 0.1) is 0 Å². The Bertz CT molecular complexity index is 414. The number of anilines is 1. The Morgan fingerprint density at radius 2 is 2.11 bits per heavy atom. The molecule has 1 aliphatic carbocycles. The zero-order chi connectivity index (χ0) is 13.7. The molecule has 0 spiro atoms. The maximum absolute atomic E-state index is 6.14. The second-order valence-corrected chi connectivity index (χ2v) is 5.77. The molecule has 0 aliphatic heterocycles. The van der Waals surface area contributed by atoms with Gasteiger partial charge in [0.15, 0.2) is 0 Å². The van der Waals surface area contributed by atoms with E-state index in [1.807, 2.05) is 6.92 Å². The third-order valence-electron chi connectivity index (χ3n) is 3.73. The Labute approximate surface area is 123 Å². The van der Waals surface area contributed by atoms with E-state index in [9.17, 15) is 0 Å². The first kappa shape index (κ1) is 14.6. The van der Waals surface area contributed by atoms with Crippen molar-refractivity contribution in [2.24, 2.45) is 5.92 Å². The molecule has 0 bridgehead atoms. The summed E-state index contributed by atoms with van der Waals surface area (Å²) in [5.74, 6) is 2.12. The van der Waals surface area contributed by atoms with Crippen molar-refractivity contribution in [2.75, 3.05) is 11.9 Å². The van der Waals surface area contributed by atoms with Crippen molar-refractivity contribution < 1.29 is 4.74 Å². The van der Waals surface area contributed by atoms with Crippen LogP contribution in [0, 0.1) is 5.92 Å². The average molecular weight is 328 g/mol. The molecule has 1 heterocycles. The molecule has 19 heavy (non-hydrogen) atoms. The van der Waals surface area contributed by atoms with E-state index in [0.29, 0.717) is 17.9 Å². The predicted octanol–water partition coefficient (Wildman–Crippen LogP) is 4.02. The van der Waals surface area contributed by atoms with Crippen LogP contribution in [0.4, 0.5) is 5.82 Å². The van der Waals surface area contributed by atoms with E-state index in [4.69, 9.17) is 4.74 Å². The van der Waals surface area contributed by atoms with E-state index < -0.39 is 0 Å². The maximum atomic E-state index is 6.14. The van der Waals surface area contributed by atoms with Gasteiger partial charge in [-0.15, -0.1) is 0 Å². The van der Waals surface area contributed by atoms with E-state index >= 15 is 0 Å². The minimum Gasteiger partial charge on any atom is -0.473 e. The van der Waals surface area contributed by atoms with Gasteiger partial charge in [0, 0.05) is 6.54 Å². The van der Waals surface area contributed by atoms with Gasteiger partial charge in [0.25, 0.3) is 0 Å². The largest absolute Gasteiger partial charge is 0.473 e. The lowest BCUT2D eigenvalue weighted by Crippen LogP contribution is -2.30. The Balaban J connectivity index is 2.11. The lowest BCUT2D eigenvalue weighted by atomic mass is 9.85. The van der Waals surface area contributed by atoms with Crippen LogP contribution < -0.4 is 10.1 Å². The molecule has 1 aromatic heterocycles. The van der Waals surface area contributed by atoms with Crippen molar-refractivity contribution in [1.82, 2.24) is 9.97 Å². The van der Waals surface area contributed by atoms with Gasteiger partial charge >= 0.3 is 0 Å². The monoisotopic (exact) mass is 327 g/mol. The summed E-state index contributed by atoms with van der Waals surface area (Å²) in [7, 11) is 0. The summed E-state index contributed by atoms with van der Waals surface area (Å²) in [5.41, 5.74) is 0. The molecule has 1 saturated carbocycles. The first-order valence-corrected chi connectivity index (χ1v) is 7.96. The van der Waals surface area contributed by atoms with Crippen molar-refractivity contribution in [3.63, 3.8) is 0 Å². The highest BCUT2D eigenvalue weighted by Gasteiger charge is 2.26. The summed E-state index contributed by atoms with van der Waals surface area (Å²) < 4.78 is 6.97. The van der Waals surface area contributed by atoms with Crippen LogP contribution in [-0.4, -0.2) is 22.6 Å². The van der Waals surface area contributed by atoms with Gasteiger partial charge in [-0.05, 0) is 54.5 Å². The second kappa shape index (κ2) is 7.08. The molecular formula is C14H22BrN3O. The minimum atomic E-state index is 0.291.